The van der Waals surface area contributed by atoms with Crippen LogP contribution in [0.5, 0.6) is 0 Å². The molecule has 0 aliphatic heterocycles. The molecule has 0 aliphatic carbocycles. The number of para-hydroxylation sites is 1. The van der Waals surface area contributed by atoms with Crippen molar-refractivity contribution in [2.24, 2.45) is 5.92 Å². The number of aromatic amines is 1. The average Bonchev–Trinajstić information content (AvgIpc) is 3.38. The maximum atomic E-state index is 14.0. The molecular weight excluding hydrogens is 571 g/mol. The van der Waals surface area contributed by atoms with Crippen molar-refractivity contribution < 1.29 is 32.7 Å². The number of nitrogens with one attached hydrogen (secondary N) is 4. The molecule has 4 N–H and O–H groups in total. The first-order valence-corrected chi connectivity index (χ1v) is 16.2. The third-order valence-corrected chi connectivity index (χ3v) is 8.99. The Morgan fingerprint density at radius 2 is 1.51 bits per heavy atom. The number of aromatic nitrogens is 1. The molecule has 43 heavy (non-hydrogen) atoms. The van der Waals surface area contributed by atoms with Gasteiger partial charge < -0.3 is 34.7 Å². The summed E-state index contributed by atoms with van der Waals surface area (Å²) in [5.74, 6) is -2.09. The summed E-state index contributed by atoms with van der Waals surface area (Å²) in [5.41, 5.74) is 2.54. The first-order chi connectivity index (χ1) is 20.6. The SMILES string of the molecule is CCOP(=O)(OCC)[C@H](Cc1c[nH]c2ccccc12)NC(=O)[C@H](CC(C)C)NC(=O)[C@@H](C)NC(=O)OCc1ccccc1. The highest BCUT2D eigenvalue weighted by atomic mass is 31.2. The zero-order valence-corrected chi connectivity index (χ0v) is 26.3. The Morgan fingerprint density at radius 3 is 2.16 bits per heavy atom. The molecule has 12 heteroatoms. The molecule has 0 unspecified atom stereocenters. The Labute approximate surface area is 253 Å². The molecule has 1 heterocycles. The van der Waals surface area contributed by atoms with E-state index in [4.69, 9.17) is 13.8 Å². The van der Waals surface area contributed by atoms with Crippen LogP contribution in [0.15, 0.2) is 60.8 Å². The largest absolute Gasteiger partial charge is 0.445 e. The van der Waals surface area contributed by atoms with Crippen molar-refractivity contribution in [2.45, 2.75) is 71.9 Å². The number of hydrogen-bond acceptors (Lipinski definition) is 7. The molecule has 3 rings (SSSR count). The van der Waals surface area contributed by atoms with Crippen LogP contribution in [0.25, 0.3) is 10.9 Å². The summed E-state index contributed by atoms with van der Waals surface area (Å²) in [6.45, 7) is 9.04. The summed E-state index contributed by atoms with van der Waals surface area (Å²) in [5, 5.41) is 9.03. The number of H-pyrrole nitrogens is 1. The summed E-state index contributed by atoms with van der Waals surface area (Å²) in [6, 6.07) is 14.9. The molecule has 0 aliphatic rings. The Balaban J connectivity index is 1.74. The average molecular weight is 615 g/mol. The van der Waals surface area contributed by atoms with Gasteiger partial charge in [0.25, 0.3) is 0 Å². The van der Waals surface area contributed by atoms with Crippen LogP contribution in [0.3, 0.4) is 0 Å². The van der Waals surface area contributed by atoms with E-state index in [-0.39, 0.29) is 32.2 Å². The summed E-state index contributed by atoms with van der Waals surface area (Å²) in [7, 11) is -3.81. The Bertz CT molecular complexity index is 1390. The van der Waals surface area contributed by atoms with Crippen LogP contribution in [0.4, 0.5) is 4.79 Å². The molecule has 0 radical (unpaired) electrons. The predicted molar refractivity (Wildman–Crippen MR) is 165 cm³/mol. The Kier molecular flexibility index (Phi) is 12.8. The van der Waals surface area contributed by atoms with Gasteiger partial charge in [0.1, 0.15) is 24.5 Å². The highest BCUT2D eigenvalue weighted by Gasteiger charge is 2.39. The standard InChI is InChI=1S/C31H43N4O7P/c1-6-41-43(39,42-7-2)28(18-24-19-32-26-16-12-11-15-25(24)26)35-30(37)27(17-21(3)4)34-29(36)22(5)33-31(38)40-20-23-13-9-8-10-14-23/h8-16,19,21-22,27-28,32H,6-7,17-18,20H2,1-5H3,(H,33,38)(H,34,36)(H,35,37)/t22-,27+,28-/m1/s1. The van der Waals surface area contributed by atoms with Gasteiger partial charge in [0.15, 0.2) is 0 Å². The lowest BCUT2D eigenvalue weighted by molar-refractivity contribution is -0.130. The number of benzene rings is 2. The Morgan fingerprint density at radius 1 is 0.860 bits per heavy atom. The molecule has 11 nitrogen and oxygen atoms in total. The maximum Gasteiger partial charge on any atom is 0.408 e. The number of fused-ring (bicyclic) bond motifs is 1. The lowest BCUT2D eigenvalue weighted by Gasteiger charge is -2.29. The molecule has 3 atom stereocenters. The molecule has 3 amide bonds. The van der Waals surface area contributed by atoms with Gasteiger partial charge >= 0.3 is 13.7 Å². The summed E-state index contributed by atoms with van der Waals surface area (Å²) >= 11 is 0. The number of rotatable bonds is 16. The van der Waals surface area contributed by atoms with Crippen LogP contribution in [0.2, 0.25) is 0 Å². The number of amides is 3. The maximum absolute atomic E-state index is 14.0. The molecular formula is C31H43N4O7P. The summed E-state index contributed by atoms with van der Waals surface area (Å²) in [4.78, 5) is 42.3. The first kappa shape index (κ1) is 33.8. The molecule has 0 fully saturated rings. The second-order valence-electron chi connectivity index (χ2n) is 10.6. The van der Waals surface area contributed by atoms with E-state index in [0.29, 0.717) is 6.42 Å². The minimum atomic E-state index is -3.81. The van der Waals surface area contributed by atoms with Crippen molar-refractivity contribution in [1.29, 1.82) is 0 Å². The molecule has 0 saturated heterocycles. The van der Waals surface area contributed by atoms with Gasteiger partial charge in [-0.15, -0.1) is 0 Å². The van der Waals surface area contributed by atoms with Gasteiger partial charge in [-0.1, -0.05) is 62.4 Å². The van der Waals surface area contributed by atoms with Crippen molar-refractivity contribution in [3.8, 4) is 0 Å². The molecule has 0 bridgehead atoms. The number of alkyl carbamates (subject to hydrolysis) is 1. The van der Waals surface area contributed by atoms with E-state index < -0.39 is 43.4 Å². The van der Waals surface area contributed by atoms with Gasteiger partial charge in [0.05, 0.1) is 13.2 Å². The molecule has 0 saturated carbocycles. The number of ether oxygens (including phenoxy) is 1. The second-order valence-corrected chi connectivity index (χ2v) is 12.8. The fourth-order valence-electron chi connectivity index (χ4n) is 4.60. The molecule has 234 valence electrons. The highest BCUT2D eigenvalue weighted by Crippen LogP contribution is 2.53. The second kappa shape index (κ2) is 16.3. The quantitative estimate of drug-likeness (QED) is 0.161. The van der Waals surface area contributed by atoms with E-state index in [1.54, 1.807) is 13.8 Å². The Hall–Kier alpha value is -3.66. The van der Waals surface area contributed by atoms with Gasteiger partial charge in [0, 0.05) is 23.5 Å². The zero-order valence-electron chi connectivity index (χ0n) is 25.4. The van der Waals surface area contributed by atoms with E-state index in [1.165, 1.54) is 6.92 Å². The molecule has 0 spiro atoms. The van der Waals surface area contributed by atoms with Crippen LogP contribution in [-0.4, -0.2) is 54.0 Å². The fraction of sp³-hybridized carbons (Fsp3) is 0.452. The summed E-state index contributed by atoms with van der Waals surface area (Å²) in [6.07, 6.45) is 1.52. The van der Waals surface area contributed by atoms with Crippen molar-refractivity contribution in [2.75, 3.05) is 13.2 Å². The number of hydrogen-bond donors (Lipinski definition) is 4. The van der Waals surface area contributed by atoms with Crippen LogP contribution in [-0.2, 0) is 41.0 Å². The van der Waals surface area contributed by atoms with Crippen molar-refractivity contribution >= 4 is 36.4 Å². The third kappa shape index (κ3) is 9.95. The minimum Gasteiger partial charge on any atom is -0.445 e. The lowest BCUT2D eigenvalue weighted by atomic mass is 10.0. The fourth-order valence-corrected chi connectivity index (χ4v) is 6.46. The summed E-state index contributed by atoms with van der Waals surface area (Å²) < 4.78 is 30.4. The van der Waals surface area contributed by atoms with Crippen LogP contribution in [0, 0.1) is 5.92 Å². The number of carbonyl (C=O) groups is 3. The molecule has 3 aromatic rings. The van der Waals surface area contributed by atoms with E-state index >= 15 is 0 Å². The predicted octanol–water partition coefficient (Wildman–Crippen LogP) is 5.26. The van der Waals surface area contributed by atoms with Crippen LogP contribution in [0.1, 0.15) is 52.2 Å². The zero-order chi connectivity index (χ0) is 31.4. The first-order valence-electron chi connectivity index (χ1n) is 14.6. The van der Waals surface area contributed by atoms with Crippen LogP contribution < -0.4 is 16.0 Å². The highest BCUT2D eigenvalue weighted by molar-refractivity contribution is 7.54. The van der Waals surface area contributed by atoms with Crippen molar-refractivity contribution in [3.05, 3.63) is 71.9 Å². The van der Waals surface area contributed by atoms with Gasteiger partial charge in [-0.25, -0.2) is 4.79 Å². The monoisotopic (exact) mass is 614 g/mol. The van der Waals surface area contributed by atoms with Crippen molar-refractivity contribution in [1.82, 2.24) is 20.9 Å². The molecule has 1 aromatic heterocycles. The van der Waals surface area contributed by atoms with E-state index in [2.05, 4.69) is 20.9 Å². The molecule has 2 aromatic carbocycles. The number of carbonyl (C=O) groups excluding carboxylic acids is 3. The van der Waals surface area contributed by atoms with Gasteiger partial charge in [0.2, 0.25) is 11.8 Å². The van der Waals surface area contributed by atoms with Gasteiger partial charge in [-0.05, 0) is 50.3 Å². The van der Waals surface area contributed by atoms with Gasteiger partial charge in [-0.2, -0.15) is 0 Å². The van der Waals surface area contributed by atoms with Crippen molar-refractivity contribution in [3.63, 3.8) is 0 Å². The van der Waals surface area contributed by atoms with E-state index in [9.17, 15) is 18.9 Å². The third-order valence-electron chi connectivity index (χ3n) is 6.68. The normalized spacial score (nSPS) is 13.7. The smallest absolute Gasteiger partial charge is 0.408 e. The van der Waals surface area contributed by atoms with E-state index in [0.717, 1.165) is 22.0 Å². The van der Waals surface area contributed by atoms with Gasteiger partial charge in [-0.3, -0.25) is 14.2 Å². The minimum absolute atomic E-state index is 0.0350. The van der Waals surface area contributed by atoms with E-state index in [1.807, 2.05) is 74.6 Å². The van der Waals surface area contributed by atoms with Crippen LogP contribution >= 0.6 is 7.60 Å². The lowest BCUT2D eigenvalue weighted by Crippen LogP contribution is -2.54. The topological polar surface area (TPSA) is 148 Å².